The van der Waals surface area contributed by atoms with Gasteiger partial charge in [-0.1, -0.05) is 11.6 Å². The average Bonchev–Trinajstić information content (AvgIpc) is 2.80. The first-order valence-corrected chi connectivity index (χ1v) is 5.29. The minimum absolute atomic E-state index is 0.0477. The summed E-state index contributed by atoms with van der Waals surface area (Å²) in [6, 6.07) is 2.76. The molecule has 0 atom stereocenters. The minimum Gasteiger partial charge on any atom is -0.320 e. The summed E-state index contributed by atoms with van der Waals surface area (Å²) >= 11 is 5.58. The Morgan fingerprint density at radius 3 is 2.63 bits per heavy atom. The fourth-order valence-electron chi connectivity index (χ4n) is 1.33. The SMILES string of the molecule is O=C(Nc1cc(Cl)cc(C(F)(F)F)c1)c1cn[nH]n1. The van der Waals surface area contributed by atoms with Crippen molar-refractivity contribution in [3.8, 4) is 0 Å². The van der Waals surface area contributed by atoms with Crippen LogP contribution in [-0.2, 0) is 6.18 Å². The van der Waals surface area contributed by atoms with E-state index in [-0.39, 0.29) is 16.4 Å². The number of nitrogens with one attached hydrogen (secondary N) is 2. The van der Waals surface area contributed by atoms with Crippen LogP contribution in [0, 0.1) is 0 Å². The number of hydrogen-bond donors (Lipinski definition) is 2. The molecule has 2 aromatic rings. The summed E-state index contributed by atoms with van der Waals surface area (Å²) in [7, 11) is 0. The zero-order chi connectivity index (χ0) is 14.0. The lowest BCUT2D eigenvalue weighted by molar-refractivity contribution is -0.137. The van der Waals surface area contributed by atoms with Crippen LogP contribution >= 0.6 is 11.6 Å². The van der Waals surface area contributed by atoms with Crippen LogP contribution in [0.25, 0.3) is 0 Å². The number of nitrogens with zero attached hydrogens (tertiary/aromatic N) is 2. The molecule has 1 aromatic carbocycles. The molecule has 0 bridgehead atoms. The summed E-state index contributed by atoms with van der Waals surface area (Å²) in [5.74, 6) is -0.691. The zero-order valence-corrected chi connectivity index (χ0v) is 9.88. The van der Waals surface area contributed by atoms with Crippen LogP contribution in [0.1, 0.15) is 16.1 Å². The molecule has 0 aliphatic carbocycles. The molecular weight excluding hydrogens is 285 g/mol. The summed E-state index contributed by atoms with van der Waals surface area (Å²) < 4.78 is 37.7. The third kappa shape index (κ3) is 3.22. The number of hydrogen-bond acceptors (Lipinski definition) is 3. The van der Waals surface area contributed by atoms with E-state index in [1.165, 1.54) is 6.07 Å². The highest BCUT2D eigenvalue weighted by atomic mass is 35.5. The minimum atomic E-state index is -4.54. The van der Waals surface area contributed by atoms with Crippen LogP contribution < -0.4 is 5.32 Å². The Kier molecular flexibility index (Phi) is 3.43. The Hall–Kier alpha value is -2.09. The molecule has 0 saturated carbocycles. The molecule has 2 N–H and O–H groups in total. The number of carbonyl (C=O) groups is 1. The molecule has 5 nitrogen and oxygen atoms in total. The summed E-state index contributed by atoms with van der Waals surface area (Å²) in [6.45, 7) is 0. The largest absolute Gasteiger partial charge is 0.416 e. The highest BCUT2D eigenvalue weighted by Crippen LogP contribution is 2.33. The number of aromatic amines is 1. The van der Waals surface area contributed by atoms with E-state index in [0.717, 1.165) is 18.3 Å². The number of amides is 1. The number of benzene rings is 1. The van der Waals surface area contributed by atoms with Crippen molar-refractivity contribution in [3.63, 3.8) is 0 Å². The van der Waals surface area contributed by atoms with Gasteiger partial charge in [0.1, 0.15) is 0 Å². The number of rotatable bonds is 2. The van der Waals surface area contributed by atoms with E-state index in [4.69, 9.17) is 11.6 Å². The molecule has 100 valence electrons. The molecule has 0 aliphatic heterocycles. The van der Waals surface area contributed by atoms with Gasteiger partial charge in [0.25, 0.3) is 5.91 Å². The van der Waals surface area contributed by atoms with E-state index in [1.54, 1.807) is 0 Å². The average molecular weight is 291 g/mol. The van der Waals surface area contributed by atoms with Gasteiger partial charge in [-0.05, 0) is 18.2 Å². The van der Waals surface area contributed by atoms with E-state index in [9.17, 15) is 18.0 Å². The lowest BCUT2D eigenvalue weighted by Crippen LogP contribution is -2.13. The molecule has 2 rings (SSSR count). The Labute approximate surface area is 109 Å². The standard InChI is InChI=1S/C10H6ClF3N4O/c11-6-1-5(10(12,13)14)2-7(3-6)16-9(19)8-4-15-18-17-8/h1-4H,(H,16,19)(H,15,17,18). The molecular formula is C10H6ClF3N4O. The predicted octanol–water partition coefficient (Wildman–Crippen LogP) is 2.73. The highest BCUT2D eigenvalue weighted by Gasteiger charge is 2.31. The van der Waals surface area contributed by atoms with Crippen molar-refractivity contribution in [2.45, 2.75) is 6.18 Å². The maximum absolute atomic E-state index is 12.6. The maximum atomic E-state index is 12.6. The van der Waals surface area contributed by atoms with Gasteiger partial charge in [-0.25, -0.2) is 0 Å². The fraction of sp³-hybridized carbons (Fsp3) is 0.100. The number of anilines is 1. The summed E-state index contributed by atoms with van der Waals surface area (Å²) in [5.41, 5.74) is -1.07. The molecule has 0 spiro atoms. The van der Waals surface area contributed by atoms with Gasteiger partial charge < -0.3 is 5.32 Å². The Morgan fingerprint density at radius 1 is 1.32 bits per heavy atom. The summed E-state index contributed by atoms with van der Waals surface area (Å²) in [6.07, 6.45) is -3.40. The summed E-state index contributed by atoms with van der Waals surface area (Å²) in [4.78, 5) is 11.6. The van der Waals surface area contributed by atoms with E-state index >= 15 is 0 Å². The molecule has 1 heterocycles. The number of aromatic nitrogens is 3. The second-order valence-electron chi connectivity index (χ2n) is 3.54. The lowest BCUT2D eigenvalue weighted by atomic mass is 10.2. The molecule has 0 fully saturated rings. The van der Waals surface area contributed by atoms with E-state index < -0.39 is 17.6 Å². The van der Waals surface area contributed by atoms with Gasteiger partial charge in [0.15, 0.2) is 5.69 Å². The van der Waals surface area contributed by atoms with Crippen LogP contribution in [0.3, 0.4) is 0 Å². The highest BCUT2D eigenvalue weighted by molar-refractivity contribution is 6.31. The van der Waals surface area contributed by atoms with Crippen LogP contribution in [0.15, 0.2) is 24.4 Å². The number of alkyl halides is 3. The van der Waals surface area contributed by atoms with Crippen molar-refractivity contribution in [1.29, 1.82) is 0 Å². The Balaban J connectivity index is 2.26. The fourth-order valence-corrected chi connectivity index (χ4v) is 1.57. The first-order chi connectivity index (χ1) is 8.86. The van der Waals surface area contributed by atoms with Gasteiger partial charge in [0, 0.05) is 10.7 Å². The second kappa shape index (κ2) is 4.88. The van der Waals surface area contributed by atoms with Crippen molar-refractivity contribution in [2.24, 2.45) is 0 Å². The molecule has 0 aliphatic rings. The van der Waals surface area contributed by atoms with Crippen molar-refractivity contribution in [1.82, 2.24) is 15.4 Å². The normalized spacial score (nSPS) is 11.4. The van der Waals surface area contributed by atoms with Crippen LogP contribution in [0.5, 0.6) is 0 Å². The molecule has 1 amide bonds. The first-order valence-electron chi connectivity index (χ1n) is 4.91. The molecule has 1 aromatic heterocycles. The first kappa shape index (κ1) is 13.3. The number of H-pyrrole nitrogens is 1. The van der Waals surface area contributed by atoms with Gasteiger partial charge in [0.05, 0.1) is 11.8 Å². The molecule has 19 heavy (non-hydrogen) atoms. The third-order valence-electron chi connectivity index (χ3n) is 2.13. The van der Waals surface area contributed by atoms with Gasteiger partial charge >= 0.3 is 6.18 Å². The van der Waals surface area contributed by atoms with Crippen LogP contribution in [-0.4, -0.2) is 21.3 Å². The van der Waals surface area contributed by atoms with Crippen LogP contribution in [0.2, 0.25) is 5.02 Å². The maximum Gasteiger partial charge on any atom is 0.416 e. The van der Waals surface area contributed by atoms with E-state index in [0.29, 0.717) is 0 Å². The van der Waals surface area contributed by atoms with E-state index in [2.05, 4.69) is 20.7 Å². The Morgan fingerprint density at radius 2 is 2.05 bits per heavy atom. The molecule has 0 saturated heterocycles. The predicted molar refractivity (Wildman–Crippen MR) is 60.8 cm³/mol. The van der Waals surface area contributed by atoms with Gasteiger partial charge in [0.2, 0.25) is 0 Å². The lowest BCUT2D eigenvalue weighted by Gasteiger charge is -2.10. The smallest absolute Gasteiger partial charge is 0.320 e. The third-order valence-corrected chi connectivity index (χ3v) is 2.35. The molecule has 0 unspecified atom stereocenters. The van der Waals surface area contributed by atoms with Crippen molar-refractivity contribution < 1.29 is 18.0 Å². The van der Waals surface area contributed by atoms with E-state index in [1.807, 2.05) is 0 Å². The van der Waals surface area contributed by atoms with Crippen LogP contribution in [0.4, 0.5) is 18.9 Å². The number of halogens is 4. The summed E-state index contributed by atoms with van der Waals surface area (Å²) in [5, 5.41) is 11.3. The molecule has 9 heteroatoms. The monoisotopic (exact) mass is 290 g/mol. The number of carbonyl (C=O) groups excluding carboxylic acids is 1. The van der Waals surface area contributed by atoms with Crippen molar-refractivity contribution in [2.75, 3.05) is 5.32 Å². The Bertz CT molecular complexity index is 597. The molecule has 0 radical (unpaired) electrons. The van der Waals surface area contributed by atoms with Gasteiger partial charge in [-0.2, -0.15) is 28.6 Å². The second-order valence-corrected chi connectivity index (χ2v) is 3.97. The van der Waals surface area contributed by atoms with Crippen molar-refractivity contribution in [3.05, 3.63) is 40.7 Å². The van der Waals surface area contributed by atoms with Crippen molar-refractivity contribution >= 4 is 23.2 Å². The van der Waals surface area contributed by atoms with Gasteiger partial charge in [-0.15, -0.1) is 0 Å². The zero-order valence-electron chi connectivity index (χ0n) is 9.12. The van der Waals surface area contributed by atoms with Gasteiger partial charge in [-0.3, -0.25) is 4.79 Å². The topological polar surface area (TPSA) is 70.7 Å². The quantitative estimate of drug-likeness (QED) is 0.893.